The van der Waals surface area contributed by atoms with Crippen LogP contribution >= 0.6 is 0 Å². The zero-order valence-electron chi connectivity index (χ0n) is 11.0. The molecule has 0 saturated heterocycles. The third-order valence-corrected chi connectivity index (χ3v) is 2.71. The van der Waals surface area contributed by atoms with Gasteiger partial charge in [-0.05, 0) is 7.05 Å². The lowest BCUT2D eigenvalue weighted by atomic mass is 10.3. The van der Waals surface area contributed by atoms with Crippen LogP contribution in [0.1, 0.15) is 11.4 Å². The van der Waals surface area contributed by atoms with Crippen molar-refractivity contribution in [1.82, 2.24) is 24.8 Å². The fourth-order valence-corrected chi connectivity index (χ4v) is 1.67. The van der Waals surface area contributed by atoms with E-state index >= 15 is 0 Å². The van der Waals surface area contributed by atoms with Crippen molar-refractivity contribution in [3.63, 3.8) is 0 Å². The number of aryl methyl sites for hydroxylation is 1. The maximum absolute atomic E-state index is 4.35. The van der Waals surface area contributed by atoms with Gasteiger partial charge in [0.25, 0.3) is 0 Å². The van der Waals surface area contributed by atoms with Crippen molar-refractivity contribution < 1.29 is 0 Å². The molecule has 0 fully saturated rings. The predicted octanol–water partition coefficient (Wildman–Crippen LogP) is 0.566. The monoisotopic (exact) mass is 246 g/mol. The minimum Gasteiger partial charge on any atom is -0.337 e. The first-order valence-corrected chi connectivity index (χ1v) is 5.83. The normalized spacial score (nSPS) is 10.6. The van der Waals surface area contributed by atoms with Crippen LogP contribution in [-0.2, 0) is 20.1 Å². The first kappa shape index (κ1) is 12.5. The van der Waals surface area contributed by atoms with Crippen LogP contribution in [0.2, 0.25) is 0 Å². The summed E-state index contributed by atoms with van der Waals surface area (Å²) in [5.74, 6) is 1.69. The van der Waals surface area contributed by atoms with Crippen LogP contribution in [0.5, 0.6) is 0 Å². The van der Waals surface area contributed by atoms with Crippen molar-refractivity contribution in [2.75, 3.05) is 19.0 Å². The summed E-state index contributed by atoms with van der Waals surface area (Å²) in [6.07, 6.45) is 7.40. The lowest BCUT2D eigenvalue weighted by molar-refractivity contribution is 0.742. The Kier molecular flexibility index (Phi) is 3.88. The zero-order valence-corrected chi connectivity index (χ0v) is 11.0. The van der Waals surface area contributed by atoms with Gasteiger partial charge in [-0.25, -0.2) is 15.0 Å². The first-order chi connectivity index (χ1) is 8.70. The van der Waals surface area contributed by atoms with Crippen molar-refractivity contribution >= 4 is 5.95 Å². The number of aromatic nitrogens is 4. The summed E-state index contributed by atoms with van der Waals surface area (Å²) < 4.78 is 1.99. The topological polar surface area (TPSA) is 58.9 Å². The van der Waals surface area contributed by atoms with Gasteiger partial charge in [0.15, 0.2) is 0 Å². The van der Waals surface area contributed by atoms with E-state index in [1.807, 2.05) is 49.2 Å². The van der Waals surface area contributed by atoms with Gasteiger partial charge in [-0.1, -0.05) is 0 Å². The van der Waals surface area contributed by atoms with E-state index in [9.17, 15) is 0 Å². The molecule has 0 spiro atoms. The molecule has 1 N–H and O–H groups in total. The first-order valence-electron chi connectivity index (χ1n) is 5.83. The maximum Gasteiger partial charge on any atom is 0.225 e. The molecule has 0 bridgehead atoms. The summed E-state index contributed by atoms with van der Waals surface area (Å²) in [5.41, 5.74) is 1.08. The minimum atomic E-state index is 0.689. The van der Waals surface area contributed by atoms with Crippen LogP contribution in [0.3, 0.4) is 0 Å². The van der Waals surface area contributed by atoms with Gasteiger partial charge in [-0.2, -0.15) is 0 Å². The third-order valence-electron chi connectivity index (χ3n) is 2.71. The second-order valence-corrected chi connectivity index (χ2v) is 4.23. The Labute approximate surface area is 107 Å². The van der Waals surface area contributed by atoms with E-state index < -0.39 is 0 Å². The van der Waals surface area contributed by atoms with Crippen molar-refractivity contribution in [1.29, 1.82) is 0 Å². The quantitative estimate of drug-likeness (QED) is 0.835. The van der Waals surface area contributed by atoms with Gasteiger partial charge < -0.3 is 14.8 Å². The Morgan fingerprint density at radius 3 is 2.56 bits per heavy atom. The molecular formula is C12H18N6. The molecule has 6 nitrogen and oxygen atoms in total. The summed E-state index contributed by atoms with van der Waals surface area (Å²) in [6, 6.07) is 0. The number of rotatable bonds is 5. The van der Waals surface area contributed by atoms with Gasteiger partial charge in [0.1, 0.15) is 5.82 Å². The average molecular weight is 246 g/mol. The van der Waals surface area contributed by atoms with Gasteiger partial charge in [0.2, 0.25) is 5.95 Å². The van der Waals surface area contributed by atoms with E-state index in [1.54, 1.807) is 6.20 Å². The zero-order chi connectivity index (χ0) is 13.0. The van der Waals surface area contributed by atoms with Crippen LogP contribution in [0, 0.1) is 0 Å². The molecule has 0 atom stereocenters. The fourth-order valence-electron chi connectivity index (χ4n) is 1.67. The number of imidazole rings is 1. The number of nitrogens with one attached hydrogen (secondary N) is 1. The highest BCUT2D eigenvalue weighted by Crippen LogP contribution is 2.08. The summed E-state index contributed by atoms with van der Waals surface area (Å²) in [4.78, 5) is 15.0. The summed E-state index contributed by atoms with van der Waals surface area (Å²) in [6.45, 7) is 1.47. The van der Waals surface area contributed by atoms with Gasteiger partial charge in [-0.3, -0.25) is 0 Å². The Balaban J connectivity index is 2.04. The smallest absolute Gasteiger partial charge is 0.225 e. The second kappa shape index (κ2) is 5.59. The Morgan fingerprint density at radius 1 is 1.28 bits per heavy atom. The SMILES string of the molecule is CNCc1cnc(N(C)Cc2nccn2C)nc1. The van der Waals surface area contributed by atoms with Crippen LogP contribution in [-0.4, -0.2) is 33.6 Å². The van der Waals surface area contributed by atoms with Crippen LogP contribution < -0.4 is 10.2 Å². The molecule has 0 amide bonds. The highest BCUT2D eigenvalue weighted by atomic mass is 15.2. The minimum absolute atomic E-state index is 0.689. The predicted molar refractivity (Wildman–Crippen MR) is 70.1 cm³/mol. The molecule has 0 aliphatic heterocycles. The van der Waals surface area contributed by atoms with Gasteiger partial charge in [0.05, 0.1) is 6.54 Å². The van der Waals surface area contributed by atoms with E-state index in [-0.39, 0.29) is 0 Å². The number of anilines is 1. The largest absolute Gasteiger partial charge is 0.337 e. The standard InChI is InChI=1S/C12H18N6/c1-13-6-10-7-15-12(16-8-10)18(3)9-11-14-4-5-17(11)2/h4-5,7-8,13H,6,9H2,1-3H3. The van der Waals surface area contributed by atoms with E-state index in [4.69, 9.17) is 0 Å². The summed E-state index contributed by atoms with van der Waals surface area (Å²) in [7, 11) is 5.84. The summed E-state index contributed by atoms with van der Waals surface area (Å²) >= 11 is 0. The summed E-state index contributed by atoms with van der Waals surface area (Å²) in [5, 5.41) is 3.07. The van der Waals surface area contributed by atoms with E-state index in [0.717, 1.165) is 17.9 Å². The lowest BCUT2D eigenvalue weighted by Gasteiger charge is -2.16. The molecule has 0 saturated carbocycles. The van der Waals surface area contributed by atoms with Gasteiger partial charge in [-0.15, -0.1) is 0 Å². The molecular weight excluding hydrogens is 228 g/mol. The fraction of sp³-hybridized carbons (Fsp3) is 0.417. The van der Waals surface area contributed by atoms with E-state index in [1.165, 1.54) is 0 Å². The molecule has 0 aliphatic carbocycles. The number of hydrogen-bond donors (Lipinski definition) is 1. The van der Waals surface area contributed by atoms with Crippen molar-refractivity contribution in [2.24, 2.45) is 7.05 Å². The van der Waals surface area contributed by atoms with Crippen molar-refractivity contribution in [2.45, 2.75) is 13.1 Å². The Hall–Kier alpha value is -1.95. The average Bonchev–Trinajstić information content (AvgIpc) is 2.76. The molecule has 2 heterocycles. The van der Waals surface area contributed by atoms with Gasteiger partial charge >= 0.3 is 0 Å². The highest BCUT2D eigenvalue weighted by molar-refractivity contribution is 5.28. The van der Waals surface area contributed by atoms with E-state index in [0.29, 0.717) is 12.5 Å². The highest BCUT2D eigenvalue weighted by Gasteiger charge is 2.07. The lowest BCUT2D eigenvalue weighted by Crippen LogP contribution is -2.21. The molecule has 2 rings (SSSR count). The maximum atomic E-state index is 4.35. The molecule has 6 heteroatoms. The molecule has 18 heavy (non-hydrogen) atoms. The Bertz CT molecular complexity index is 490. The molecule has 2 aromatic heterocycles. The van der Waals surface area contributed by atoms with Crippen LogP contribution in [0.15, 0.2) is 24.8 Å². The molecule has 0 aliphatic rings. The molecule has 96 valence electrons. The molecule has 0 aromatic carbocycles. The van der Waals surface area contributed by atoms with E-state index in [2.05, 4.69) is 20.3 Å². The molecule has 0 unspecified atom stereocenters. The third kappa shape index (κ3) is 2.84. The van der Waals surface area contributed by atoms with Crippen molar-refractivity contribution in [3.8, 4) is 0 Å². The number of nitrogens with zero attached hydrogens (tertiary/aromatic N) is 5. The Morgan fingerprint density at radius 2 is 2.00 bits per heavy atom. The van der Waals surface area contributed by atoms with Crippen LogP contribution in [0.4, 0.5) is 5.95 Å². The second-order valence-electron chi connectivity index (χ2n) is 4.23. The van der Waals surface area contributed by atoms with Crippen molar-refractivity contribution in [3.05, 3.63) is 36.2 Å². The number of hydrogen-bond acceptors (Lipinski definition) is 5. The molecule has 0 radical (unpaired) electrons. The van der Waals surface area contributed by atoms with Crippen LogP contribution in [0.25, 0.3) is 0 Å². The molecule has 2 aromatic rings. The van der Waals surface area contributed by atoms with Gasteiger partial charge in [0, 0.05) is 51.0 Å².